The van der Waals surface area contributed by atoms with E-state index in [4.69, 9.17) is 9.15 Å². The summed E-state index contributed by atoms with van der Waals surface area (Å²) < 4.78 is 25.5. The van der Waals surface area contributed by atoms with E-state index in [1.165, 1.54) is 37.6 Å². The summed E-state index contributed by atoms with van der Waals surface area (Å²) in [5.74, 6) is -1.87. The van der Waals surface area contributed by atoms with Crippen molar-refractivity contribution in [3.8, 4) is 5.75 Å². The number of hydrogen-bond donors (Lipinski definition) is 2. The van der Waals surface area contributed by atoms with Crippen molar-refractivity contribution in [2.24, 2.45) is 0 Å². The third kappa shape index (κ3) is 5.73. The summed E-state index contributed by atoms with van der Waals surface area (Å²) in [5.41, 5.74) is 0.364. The maximum Gasteiger partial charge on any atom is 0.287 e. The molecule has 0 bridgehead atoms. The van der Waals surface area contributed by atoms with E-state index < -0.39 is 36.1 Å². The van der Waals surface area contributed by atoms with E-state index in [-0.39, 0.29) is 17.5 Å². The van der Waals surface area contributed by atoms with Crippen LogP contribution in [0.5, 0.6) is 5.75 Å². The van der Waals surface area contributed by atoms with Crippen LogP contribution in [0.2, 0.25) is 0 Å². The van der Waals surface area contributed by atoms with Crippen LogP contribution in [0.1, 0.15) is 47.8 Å². The lowest BCUT2D eigenvalue weighted by Crippen LogP contribution is -2.49. The lowest BCUT2D eigenvalue weighted by Gasteiger charge is -2.32. The highest BCUT2D eigenvalue weighted by Gasteiger charge is 2.35. The third-order valence-electron chi connectivity index (χ3n) is 6.14. The van der Waals surface area contributed by atoms with Gasteiger partial charge in [0, 0.05) is 6.04 Å². The molecule has 0 saturated heterocycles. The molecule has 3 aromatic rings. The van der Waals surface area contributed by atoms with Crippen molar-refractivity contribution in [1.29, 1.82) is 0 Å². The maximum absolute atomic E-state index is 15.1. The molecule has 0 unspecified atom stereocenters. The van der Waals surface area contributed by atoms with Crippen LogP contribution in [0.25, 0.3) is 0 Å². The minimum absolute atomic E-state index is 0.0261. The smallest absolute Gasteiger partial charge is 0.287 e. The van der Waals surface area contributed by atoms with E-state index in [1.54, 1.807) is 36.4 Å². The SMILES string of the molecule is COc1cccc([C@H](C(=O)NC2CCCC2)N(C(=O)CNC(=O)c2ccco2)c2ccccc2F)c1. The van der Waals surface area contributed by atoms with E-state index >= 15 is 4.39 Å². The van der Waals surface area contributed by atoms with Gasteiger partial charge in [0.15, 0.2) is 5.76 Å². The molecule has 2 N–H and O–H groups in total. The topological polar surface area (TPSA) is 101 Å². The fraction of sp³-hybridized carbons (Fsp3) is 0.296. The summed E-state index contributed by atoms with van der Waals surface area (Å²) in [4.78, 5) is 40.7. The fourth-order valence-electron chi connectivity index (χ4n) is 4.38. The number of furan rings is 1. The van der Waals surface area contributed by atoms with Crippen molar-refractivity contribution in [3.63, 3.8) is 0 Å². The molecule has 3 amide bonds. The fourth-order valence-corrected chi connectivity index (χ4v) is 4.38. The lowest BCUT2D eigenvalue weighted by atomic mass is 10.0. The van der Waals surface area contributed by atoms with Crippen molar-refractivity contribution in [2.75, 3.05) is 18.6 Å². The highest BCUT2D eigenvalue weighted by Crippen LogP contribution is 2.32. The van der Waals surface area contributed by atoms with Gasteiger partial charge in [0.05, 0.1) is 25.6 Å². The van der Waals surface area contributed by atoms with Crippen LogP contribution >= 0.6 is 0 Å². The van der Waals surface area contributed by atoms with E-state index in [0.717, 1.165) is 30.6 Å². The molecular weight excluding hydrogens is 465 g/mol. The van der Waals surface area contributed by atoms with E-state index in [0.29, 0.717) is 11.3 Å². The van der Waals surface area contributed by atoms with Gasteiger partial charge in [-0.25, -0.2) is 4.39 Å². The molecule has 0 radical (unpaired) electrons. The molecule has 36 heavy (non-hydrogen) atoms. The molecule has 0 aliphatic heterocycles. The van der Waals surface area contributed by atoms with Gasteiger partial charge in [-0.2, -0.15) is 0 Å². The number of methoxy groups -OCH3 is 1. The quantitative estimate of drug-likeness (QED) is 0.470. The molecule has 1 atom stereocenters. The molecule has 2 aromatic carbocycles. The predicted molar refractivity (Wildman–Crippen MR) is 131 cm³/mol. The van der Waals surface area contributed by atoms with Gasteiger partial charge in [-0.05, 0) is 54.8 Å². The molecule has 1 fully saturated rings. The van der Waals surface area contributed by atoms with Gasteiger partial charge < -0.3 is 19.8 Å². The Kier molecular flexibility index (Phi) is 7.99. The molecule has 1 aliphatic carbocycles. The number of hydrogen-bond acceptors (Lipinski definition) is 5. The number of ether oxygens (including phenoxy) is 1. The lowest BCUT2D eigenvalue weighted by molar-refractivity contribution is -0.126. The monoisotopic (exact) mass is 493 g/mol. The Morgan fingerprint density at radius 1 is 1.08 bits per heavy atom. The summed E-state index contributed by atoms with van der Waals surface area (Å²) in [7, 11) is 1.50. The second kappa shape index (κ2) is 11.5. The average molecular weight is 494 g/mol. The molecule has 188 valence electrons. The largest absolute Gasteiger partial charge is 0.497 e. The first-order chi connectivity index (χ1) is 17.5. The Bertz CT molecular complexity index is 1210. The standard InChI is InChI=1S/C27H28FN3O5/c1-35-20-11-6-8-18(16-20)25(27(34)30-19-9-2-3-10-19)31(22-13-5-4-12-21(22)28)24(32)17-29-26(33)23-14-7-15-36-23/h4-8,11-16,19,25H,2-3,9-10,17H2,1H3,(H,29,33)(H,30,34)/t25-/m1/s1. The molecule has 1 aliphatic rings. The number of halogens is 1. The zero-order valence-electron chi connectivity index (χ0n) is 19.9. The summed E-state index contributed by atoms with van der Waals surface area (Å²) in [6.45, 7) is -0.481. The van der Waals surface area contributed by atoms with Gasteiger partial charge in [-0.15, -0.1) is 0 Å². The third-order valence-corrected chi connectivity index (χ3v) is 6.14. The normalized spacial score (nSPS) is 14.2. The maximum atomic E-state index is 15.1. The Morgan fingerprint density at radius 2 is 1.86 bits per heavy atom. The predicted octanol–water partition coefficient (Wildman–Crippen LogP) is 3.99. The van der Waals surface area contributed by atoms with Crippen LogP contribution in [-0.4, -0.2) is 37.4 Å². The van der Waals surface area contributed by atoms with Crippen LogP contribution in [0.3, 0.4) is 0 Å². The molecule has 9 heteroatoms. The first kappa shape index (κ1) is 25.0. The molecule has 4 rings (SSSR count). The van der Waals surface area contributed by atoms with Gasteiger partial charge in [0.2, 0.25) is 11.8 Å². The number of para-hydroxylation sites is 1. The summed E-state index contributed by atoms with van der Waals surface area (Å²) >= 11 is 0. The van der Waals surface area contributed by atoms with E-state index in [1.807, 2.05) is 0 Å². The molecular formula is C27H28FN3O5. The second-order valence-electron chi connectivity index (χ2n) is 8.54. The first-order valence-electron chi connectivity index (χ1n) is 11.8. The molecule has 1 aromatic heterocycles. The molecule has 1 heterocycles. The van der Waals surface area contributed by atoms with Gasteiger partial charge in [-0.1, -0.05) is 37.1 Å². The molecule has 0 spiro atoms. The number of anilines is 1. The van der Waals surface area contributed by atoms with Crippen LogP contribution in [0.4, 0.5) is 10.1 Å². The number of rotatable bonds is 9. The number of nitrogens with zero attached hydrogens (tertiary/aromatic N) is 1. The Morgan fingerprint density at radius 3 is 2.56 bits per heavy atom. The van der Waals surface area contributed by atoms with Gasteiger partial charge in [-0.3, -0.25) is 19.3 Å². The van der Waals surface area contributed by atoms with Crippen molar-refractivity contribution in [2.45, 2.75) is 37.8 Å². The number of carbonyl (C=O) groups is 3. The van der Waals surface area contributed by atoms with Gasteiger partial charge in [0.1, 0.15) is 17.6 Å². The van der Waals surface area contributed by atoms with Crippen molar-refractivity contribution in [1.82, 2.24) is 10.6 Å². The summed E-state index contributed by atoms with van der Waals surface area (Å²) in [6, 6.07) is 14.2. The van der Waals surface area contributed by atoms with Crippen LogP contribution in [0, 0.1) is 5.82 Å². The van der Waals surface area contributed by atoms with E-state index in [2.05, 4.69) is 10.6 Å². The summed E-state index contributed by atoms with van der Waals surface area (Å²) in [5, 5.41) is 5.52. The highest BCUT2D eigenvalue weighted by molar-refractivity contribution is 6.04. The molecule has 8 nitrogen and oxygen atoms in total. The minimum atomic E-state index is -1.20. The van der Waals surface area contributed by atoms with Gasteiger partial charge in [0.25, 0.3) is 5.91 Å². The average Bonchev–Trinajstić information content (AvgIpc) is 3.61. The Labute approximate surface area is 208 Å². The number of carbonyl (C=O) groups excluding carboxylic acids is 3. The second-order valence-corrected chi connectivity index (χ2v) is 8.54. The van der Waals surface area contributed by atoms with E-state index in [9.17, 15) is 14.4 Å². The van der Waals surface area contributed by atoms with Crippen LogP contribution in [-0.2, 0) is 9.59 Å². The highest BCUT2D eigenvalue weighted by atomic mass is 19.1. The van der Waals surface area contributed by atoms with Crippen LogP contribution < -0.4 is 20.3 Å². The Hall–Kier alpha value is -4.14. The zero-order chi connectivity index (χ0) is 25.5. The van der Waals surface area contributed by atoms with Gasteiger partial charge >= 0.3 is 0 Å². The minimum Gasteiger partial charge on any atom is -0.497 e. The zero-order valence-corrected chi connectivity index (χ0v) is 19.9. The summed E-state index contributed by atoms with van der Waals surface area (Å²) in [6.07, 6.45) is 5.02. The first-order valence-corrected chi connectivity index (χ1v) is 11.8. The van der Waals surface area contributed by atoms with Crippen molar-refractivity contribution >= 4 is 23.4 Å². The molecule has 1 saturated carbocycles. The van der Waals surface area contributed by atoms with Crippen molar-refractivity contribution < 1.29 is 27.9 Å². The van der Waals surface area contributed by atoms with Crippen LogP contribution in [0.15, 0.2) is 71.3 Å². The number of benzene rings is 2. The number of amides is 3. The Balaban J connectivity index is 1.71. The van der Waals surface area contributed by atoms with Crippen molar-refractivity contribution in [3.05, 3.63) is 84.1 Å². The number of nitrogens with one attached hydrogen (secondary N) is 2.